The van der Waals surface area contributed by atoms with Gasteiger partial charge in [-0.15, -0.1) is 0 Å². The Kier molecular flexibility index (Phi) is 30.1. The third kappa shape index (κ3) is 32.8. The molecule has 0 aliphatic carbocycles. The summed E-state index contributed by atoms with van der Waals surface area (Å²) in [5, 5.41) is 19.8. The highest BCUT2D eigenvalue weighted by Crippen LogP contribution is 2.14. The maximum absolute atomic E-state index is 11.9. The van der Waals surface area contributed by atoms with Crippen molar-refractivity contribution in [2.45, 2.75) is 168 Å². The van der Waals surface area contributed by atoms with Crippen molar-refractivity contribution in [2.75, 3.05) is 13.2 Å². The lowest BCUT2D eigenvalue weighted by Gasteiger charge is -2.12. The van der Waals surface area contributed by atoms with E-state index < -0.39 is 12.2 Å². The topological polar surface area (TPSA) is 93.1 Å². The molecule has 0 spiro atoms. The van der Waals surface area contributed by atoms with E-state index in [0.29, 0.717) is 19.3 Å². The summed E-state index contributed by atoms with van der Waals surface area (Å²) < 4.78 is 10.3. The number of aliphatic hydroxyl groups is 2. The van der Waals surface area contributed by atoms with Gasteiger partial charge in [-0.05, 0) is 44.4 Å². The van der Waals surface area contributed by atoms with Crippen molar-refractivity contribution in [2.24, 2.45) is 5.92 Å². The fourth-order valence-corrected chi connectivity index (χ4v) is 4.72. The van der Waals surface area contributed by atoms with E-state index in [9.17, 15) is 19.8 Å². The van der Waals surface area contributed by atoms with Gasteiger partial charge in [0, 0.05) is 12.8 Å². The Hall–Kier alpha value is -1.92. The highest BCUT2D eigenvalue weighted by Gasteiger charge is 2.12. The second-order valence-corrected chi connectivity index (χ2v) is 12.3. The number of carbonyl (C=O) groups is 2. The minimum Gasteiger partial charge on any atom is -0.463 e. The second kappa shape index (κ2) is 31.5. The Bertz CT molecular complexity index is 727. The summed E-state index contributed by atoms with van der Waals surface area (Å²) in [6, 6.07) is 0. The first-order chi connectivity index (χ1) is 20.8. The van der Waals surface area contributed by atoms with Crippen LogP contribution in [0, 0.1) is 5.92 Å². The number of aliphatic hydroxyl groups excluding tert-OH is 2. The average molecular weight is 607 g/mol. The average Bonchev–Trinajstić information content (AvgIpc) is 2.98. The molecule has 0 bridgehead atoms. The molecule has 0 saturated carbocycles. The minimum absolute atomic E-state index is 0.135. The highest BCUT2D eigenvalue weighted by atomic mass is 16.6. The predicted molar refractivity (Wildman–Crippen MR) is 179 cm³/mol. The van der Waals surface area contributed by atoms with Crippen molar-refractivity contribution >= 4 is 11.9 Å². The predicted octanol–water partition coefficient (Wildman–Crippen LogP) is 9.33. The number of hydrogen-bond acceptors (Lipinski definition) is 6. The first-order valence-corrected chi connectivity index (χ1v) is 17.5. The van der Waals surface area contributed by atoms with Crippen molar-refractivity contribution in [3.8, 4) is 0 Å². The number of carbonyl (C=O) groups excluding carboxylic acids is 2. The quantitative estimate of drug-likeness (QED) is 0.0366. The van der Waals surface area contributed by atoms with Crippen molar-refractivity contribution < 1.29 is 29.3 Å². The lowest BCUT2D eigenvalue weighted by Crippen LogP contribution is -2.25. The summed E-state index contributed by atoms with van der Waals surface area (Å²) in [7, 11) is 0. The van der Waals surface area contributed by atoms with Gasteiger partial charge in [-0.1, -0.05) is 141 Å². The van der Waals surface area contributed by atoms with Gasteiger partial charge < -0.3 is 19.7 Å². The highest BCUT2D eigenvalue weighted by molar-refractivity contribution is 5.69. The molecule has 2 N–H and O–H groups in total. The Morgan fingerprint density at radius 1 is 0.628 bits per heavy atom. The molecule has 0 aliphatic rings. The summed E-state index contributed by atoms with van der Waals surface area (Å²) in [4.78, 5) is 23.8. The number of esters is 2. The largest absolute Gasteiger partial charge is 0.463 e. The lowest BCUT2D eigenvalue weighted by atomic mass is 10.0. The van der Waals surface area contributed by atoms with Crippen LogP contribution in [0.25, 0.3) is 0 Å². The number of ether oxygens (including phenoxy) is 2. The number of hydrogen-bond donors (Lipinski definition) is 2. The molecule has 0 fully saturated rings. The molecule has 0 aromatic carbocycles. The maximum Gasteiger partial charge on any atom is 0.305 e. The smallest absolute Gasteiger partial charge is 0.305 e. The zero-order valence-electron chi connectivity index (χ0n) is 28.0. The van der Waals surface area contributed by atoms with Crippen LogP contribution in [-0.2, 0) is 19.1 Å². The van der Waals surface area contributed by atoms with E-state index in [1.807, 2.05) is 24.3 Å². The summed E-state index contributed by atoms with van der Waals surface area (Å²) in [5.74, 6) is 0.203. The summed E-state index contributed by atoms with van der Waals surface area (Å²) in [6.07, 6.45) is 32.4. The Morgan fingerprint density at radius 2 is 1.12 bits per heavy atom. The van der Waals surface area contributed by atoms with E-state index in [4.69, 9.17) is 9.47 Å². The monoisotopic (exact) mass is 606 g/mol. The molecule has 0 aromatic heterocycles. The Morgan fingerprint density at radius 3 is 1.63 bits per heavy atom. The molecule has 0 saturated heterocycles. The van der Waals surface area contributed by atoms with Gasteiger partial charge in [0.05, 0.1) is 6.10 Å². The molecule has 0 aliphatic heterocycles. The van der Waals surface area contributed by atoms with Gasteiger partial charge in [0.1, 0.15) is 19.3 Å². The van der Waals surface area contributed by atoms with Gasteiger partial charge in [-0.25, -0.2) is 0 Å². The molecular formula is C37H66O6. The van der Waals surface area contributed by atoms with Crippen molar-refractivity contribution in [1.82, 2.24) is 0 Å². The van der Waals surface area contributed by atoms with Crippen LogP contribution >= 0.6 is 0 Å². The fourth-order valence-electron chi connectivity index (χ4n) is 4.72. The zero-order valence-corrected chi connectivity index (χ0v) is 28.0. The number of allylic oxidation sites excluding steroid dienone is 4. The van der Waals surface area contributed by atoms with Crippen LogP contribution in [0.1, 0.15) is 156 Å². The molecule has 0 heterocycles. The molecule has 0 rings (SSSR count). The van der Waals surface area contributed by atoms with Crippen LogP contribution in [-0.4, -0.2) is 47.6 Å². The number of rotatable bonds is 30. The molecule has 0 radical (unpaired) electrons. The van der Waals surface area contributed by atoms with Gasteiger partial charge >= 0.3 is 11.9 Å². The number of unbranched alkanes of at least 4 members (excludes halogenated alkanes) is 14. The molecular weight excluding hydrogens is 540 g/mol. The van der Waals surface area contributed by atoms with Crippen LogP contribution in [0.5, 0.6) is 0 Å². The van der Waals surface area contributed by atoms with Crippen LogP contribution in [0.2, 0.25) is 0 Å². The van der Waals surface area contributed by atoms with Crippen molar-refractivity contribution in [1.29, 1.82) is 0 Å². The van der Waals surface area contributed by atoms with Gasteiger partial charge in [0.2, 0.25) is 0 Å². The standard InChI is InChI=1S/C37H66O6/c1-4-5-21-27-34(38)28-23-18-14-10-8-12-16-20-25-30-37(41)43-32-35(39)31-42-36(40)29-24-19-15-11-7-6-9-13-17-22-26-33(2)3/h5,14,18,21,23,28,33-35,38-39H,4,6-13,15-17,19-20,22,24-27,29-32H2,1-3H3/b18-14+,21-5+,28-23+/t34?,35-/m0/s1. The second-order valence-electron chi connectivity index (χ2n) is 12.3. The van der Waals surface area contributed by atoms with E-state index in [1.54, 1.807) is 0 Å². The Balaban J connectivity index is 3.53. The van der Waals surface area contributed by atoms with Crippen molar-refractivity contribution in [3.63, 3.8) is 0 Å². The van der Waals surface area contributed by atoms with E-state index in [2.05, 4.69) is 32.9 Å². The minimum atomic E-state index is -0.984. The molecule has 1 unspecified atom stereocenters. The zero-order chi connectivity index (χ0) is 31.8. The molecule has 2 atom stereocenters. The molecule has 6 heteroatoms. The van der Waals surface area contributed by atoms with Crippen molar-refractivity contribution in [3.05, 3.63) is 36.5 Å². The van der Waals surface area contributed by atoms with Crippen LogP contribution < -0.4 is 0 Å². The van der Waals surface area contributed by atoms with Gasteiger partial charge in [-0.3, -0.25) is 9.59 Å². The summed E-state index contributed by atoms with van der Waals surface area (Å²) >= 11 is 0. The molecule has 0 amide bonds. The van der Waals surface area contributed by atoms with E-state index >= 15 is 0 Å². The molecule has 43 heavy (non-hydrogen) atoms. The van der Waals surface area contributed by atoms with E-state index in [0.717, 1.165) is 70.1 Å². The van der Waals surface area contributed by atoms with E-state index in [1.165, 1.54) is 51.4 Å². The van der Waals surface area contributed by atoms with Gasteiger partial charge in [-0.2, -0.15) is 0 Å². The molecule has 250 valence electrons. The summed E-state index contributed by atoms with van der Waals surface area (Å²) in [5.41, 5.74) is 0. The maximum atomic E-state index is 11.9. The SMILES string of the molecule is CC/C=C/CC(O)/C=C/C=C/CCCCCCCC(=O)OC[C@@H](O)COC(=O)CCCCCCCCCCCCC(C)C. The van der Waals surface area contributed by atoms with E-state index in [-0.39, 0.29) is 25.2 Å². The van der Waals surface area contributed by atoms with Gasteiger partial charge in [0.15, 0.2) is 0 Å². The van der Waals surface area contributed by atoms with Gasteiger partial charge in [0.25, 0.3) is 0 Å². The third-order valence-corrected chi connectivity index (χ3v) is 7.40. The third-order valence-electron chi connectivity index (χ3n) is 7.40. The molecule has 6 nitrogen and oxygen atoms in total. The molecule has 0 aromatic rings. The fraction of sp³-hybridized carbons (Fsp3) is 0.784. The Labute approximate surface area is 264 Å². The normalized spacial score (nSPS) is 13.4. The van der Waals surface area contributed by atoms with Crippen LogP contribution in [0.3, 0.4) is 0 Å². The summed E-state index contributed by atoms with van der Waals surface area (Å²) in [6.45, 7) is 6.38. The van der Waals surface area contributed by atoms with Crippen LogP contribution in [0.4, 0.5) is 0 Å². The van der Waals surface area contributed by atoms with Crippen LogP contribution in [0.15, 0.2) is 36.5 Å². The lowest BCUT2D eigenvalue weighted by molar-refractivity contribution is -0.152. The first-order valence-electron chi connectivity index (χ1n) is 17.5. The first kappa shape index (κ1) is 41.1.